The Morgan fingerprint density at radius 2 is 2.00 bits per heavy atom. The van der Waals surface area contributed by atoms with Crippen molar-refractivity contribution in [2.24, 2.45) is 5.92 Å². The molecule has 0 radical (unpaired) electrons. The zero-order valence-electron chi connectivity index (χ0n) is 15.7. The van der Waals surface area contributed by atoms with E-state index in [4.69, 9.17) is 4.52 Å². The van der Waals surface area contributed by atoms with Gasteiger partial charge in [-0.05, 0) is 56.9 Å². The van der Waals surface area contributed by atoms with Crippen molar-refractivity contribution in [2.75, 3.05) is 18.4 Å². The number of carbonyl (C=O) groups is 1. The minimum atomic E-state index is -3.42. The molecule has 1 amide bonds. The number of thiophene rings is 1. The number of aryl methyl sites for hydroxylation is 1. The van der Waals surface area contributed by atoms with Crippen LogP contribution in [0, 0.1) is 12.8 Å². The molecular weight excluding hydrogens is 398 g/mol. The van der Waals surface area contributed by atoms with Gasteiger partial charge in [-0.2, -0.15) is 4.31 Å². The maximum atomic E-state index is 12.8. The van der Waals surface area contributed by atoms with Crippen LogP contribution in [0.5, 0.6) is 0 Å². The molecule has 4 rings (SSSR count). The van der Waals surface area contributed by atoms with Gasteiger partial charge in [-0.3, -0.25) is 4.79 Å². The van der Waals surface area contributed by atoms with Gasteiger partial charge in [-0.15, -0.1) is 11.3 Å². The van der Waals surface area contributed by atoms with E-state index in [9.17, 15) is 13.2 Å². The summed E-state index contributed by atoms with van der Waals surface area (Å²) in [6, 6.07) is 3.43. The first-order valence-corrected chi connectivity index (χ1v) is 11.8. The third-order valence-electron chi connectivity index (χ3n) is 5.00. The third-order valence-corrected chi connectivity index (χ3v) is 8.41. The van der Waals surface area contributed by atoms with Gasteiger partial charge < -0.3 is 9.84 Å². The Hall–Kier alpha value is -1.97. The second-order valence-corrected chi connectivity index (χ2v) is 10.5. The molecule has 1 saturated carbocycles. The van der Waals surface area contributed by atoms with Gasteiger partial charge in [0.1, 0.15) is 15.6 Å². The van der Waals surface area contributed by atoms with Gasteiger partial charge in [0.2, 0.25) is 5.91 Å². The largest absolute Gasteiger partial charge is 0.354 e. The Morgan fingerprint density at radius 3 is 2.71 bits per heavy atom. The van der Waals surface area contributed by atoms with Crippen LogP contribution >= 0.6 is 11.3 Å². The van der Waals surface area contributed by atoms with Crippen molar-refractivity contribution >= 4 is 45.1 Å². The molecule has 0 unspecified atom stereocenters. The third kappa shape index (κ3) is 4.06. The highest BCUT2D eigenvalue weighted by Crippen LogP contribution is 2.32. The number of nitrogens with zero attached hydrogens (tertiary/aromatic N) is 2. The Bertz CT molecular complexity index is 996. The number of hydrogen-bond donors (Lipinski definition) is 1. The molecule has 0 bridgehead atoms. The lowest BCUT2D eigenvalue weighted by molar-refractivity contribution is -0.117. The molecule has 2 aliphatic rings. The van der Waals surface area contributed by atoms with Gasteiger partial charge in [-0.25, -0.2) is 8.42 Å². The molecule has 2 aromatic rings. The number of carbonyl (C=O) groups excluding carboxylic acids is 1. The van der Waals surface area contributed by atoms with E-state index in [0.29, 0.717) is 34.4 Å². The minimum absolute atomic E-state index is 0.00742. The average molecular weight is 422 g/mol. The number of aromatic nitrogens is 1. The molecule has 150 valence electrons. The topological polar surface area (TPSA) is 92.5 Å². The van der Waals surface area contributed by atoms with Crippen LogP contribution < -0.4 is 5.32 Å². The first-order chi connectivity index (χ1) is 13.4. The maximum absolute atomic E-state index is 12.8. The number of hydrogen-bond acceptors (Lipinski definition) is 6. The lowest BCUT2D eigenvalue weighted by Gasteiger charge is -2.25. The second-order valence-electron chi connectivity index (χ2n) is 7.23. The van der Waals surface area contributed by atoms with Gasteiger partial charge in [0, 0.05) is 23.9 Å². The van der Waals surface area contributed by atoms with E-state index < -0.39 is 10.0 Å². The quantitative estimate of drug-likeness (QED) is 0.767. The second kappa shape index (κ2) is 7.81. The molecule has 28 heavy (non-hydrogen) atoms. The highest BCUT2D eigenvalue weighted by atomic mass is 32.2. The Kier molecular flexibility index (Phi) is 5.39. The van der Waals surface area contributed by atoms with Crippen LogP contribution in [0.25, 0.3) is 12.2 Å². The van der Waals surface area contributed by atoms with Gasteiger partial charge in [0.05, 0.1) is 0 Å². The molecule has 9 heteroatoms. The Labute approximate surface area is 168 Å². The van der Waals surface area contributed by atoms with Crippen molar-refractivity contribution in [1.29, 1.82) is 0 Å². The monoisotopic (exact) mass is 421 g/mol. The van der Waals surface area contributed by atoms with Crippen LogP contribution in [0.1, 0.15) is 48.4 Å². The normalized spacial score (nSPS) is 18.6. The fourth-order valence-electron chi connectivity index (χ4n) is 3.18. The molecule has 0 spiro atoms. The van der Waals surface area contributed by atoms with Crippen LogP contribution in [0.2, 0.25) is 0 Å². The van der Waals surface area contributed by atoms with E-state index in [0.717, 1.165) is 37.0 Å². The van der Waals surface area contributed by atoms with Crippen LogP contribution in [0.15, 0.2) is 20.9 Å². The smallest absolute Gasteiger partial charge is 0.252 e. The number of anilines is 1. The molecule has 0 atom stereocenters. The van der Waals surface area contributed by atoms with Crippen molar-refractivity contribution in [2.45, 2.75) is 43.2 Å². The summed E-state index contributed by atoms with van der Waals surface area (Å²) in [4.78, 5) is 12.8. The highest BCUT2D eigenvalue weighted by molar-refractivity contribution is 7.91. The molecule has 3 heterocycles. The lowest BCUT2D eigenvalue weighted by atomic mass is 10.2. The van der Waals surface area contributed by atoms with Crippen LogP contribution in [0.3, 0.4) is 0 Å². The standard InChI is InChI=1S/C19H23N3O4S2/c1-13-18(20-19(23)14-5-6-14)16(26-21-13)9-7-15-8-10-17(27-15)28(24,25)22-11-3-2-4-12-22/h7-10,14H,2-6,11-12H2,1H3,(H,20,23)/b9-7+. The summed E-state index contributed by atoms with van der Waals surface area (Å²) in [5, 5.41) is 6.81. The Balaban J connectivity index is 1.49. The molecule has 1 saturated heterocycles. The predicted molar refractivity (Wildman–Crippen MR) is 108 cm³/mol. The fraction of sp³-hybridized carbons (Fsp3) is 0.474. The van der Waals surface area contributed by atoms with Crippen molar-refractivity contribution in [1.82, 2.24) is 9.46 Å². The molecular formula is C19H23N3O4S2. The number of nitrogens with one attached hydrogen (secondary N) is 1. The minimum Gasteiger partial charge on any atom is -0.354 e. The average Bonchev–Trinajstić information content (AvgIpc) is 3.35. The predicted octanol–water partition coefficient (Wildman–Crippen LogP) is 3.74. The summed E-state index contributed by atoms with van der Waals surface area (Å²) in [6.45, 7) is 2.96. The molecule has 7 nitrogen and oxygen atoms in total. The lowest BCUT2D eigenvalue weighted by Crippen LogP contribution is -2.35. The van der Waals surface area contributed by atoms with Crippen LogP contribution in [0.4, 0.5) is 5.69 Å². The summed E-state index contributed by atoms with van der Waals surface area (Å²) < 4.78 is 32.8. The summed E-state index contributed by atoms with van der Waals surface area (Å²) in [5.74, 6) is 0.540. The molecule has 1 N–H and O–H groups in total. The van der Waals surface area contributed by atoms with E-state index in [2.05, 4.69) is 10.5 Å². The van der Waals surface area contributed by atoms with Crippen molar-refractivity contribution in [3.8, 4) is 0 Å². The number of rotatable bonds is 6. The van der Waals surface area contributed by atoms with Crippen LogP contribution in [-0.4, -0.2) is 36.9 Å². The zero-order chi connectivity index (χ0) is 19.7. The number of amides is 1. The molecule has 2 aromatic heterocycles. The van der Waals surface area contributed by atoms with Gasteiger partial charge >= 0.3 is 0 Å². The van der Waals surface area contributed by atoms with E-state index in [1.807, 2.05) is 0 Å². The zero-order valence-corrected chi connectivity index (χ0v) is 17.3. The summed E-state index contributed by atoms with van der Waals surface area (Å²) >= 11 is 1.23. The summed E-state index contributed by atoms with van der Waals surface area (Å²) in [5.41, 5.74) is 1.19. The van der Waals surface area contributed by atoms with E-state index in [1.54, 1.807) is 35.5 Å². The number of piperidine rings is 1. The van der Waals surface area contributed by atoms with Crippen LogP contribution in [-0.2, 0) is 14.8 Å². The first kappa shape index (κ1) is 19.4. The van der Waals surface area contributed by atoms with Gasteiger partial charge in [-0.1, -0.05) is 11.6 Å². The summed E-state index contributed by atoms with van der Waals surface area (Å²) in [7, 11) is -3.42. The Morgan fingerprint density at radius 1 is 1.25 bits per heavy atom. The molecule has 1 aliphatic heterocycles. The molecule has 2 fully saturated rings. The fourth-order valence-corrected chi connectivity index (χ4v) is 6.08. The molecule has 0 aromatic carbocycles. The van der Waals surface area contributed by atoms with E-state index in [1.165, 1.54) is 11.3 Å². The van der Waals surface area contributed by atoms with Crippen molar-refractivity contribution in [3.05, 3.63) is 28.5 Å². The van der Waals surface area contributed by atoms with E-state index >= 15 is 0 Å². The van der Waals surface area contributed by atoms with Gasteiger partial charge in [0.15, 0.2) is 5.76 Å². The van der Waals surface area contributed by atoms with Crippen molar-refractivity contribution < 1.29 is 17.7 Å². The first-order valence-electron chi connectivity index (χ1n) is 9.50. The van der Waals surface area contributed by atoms with E-state index in [-0.39, 0.29) is 11.8 Å². The summed E-state index contributed by atoms with van der Waals surface area (Å²) in [6.07, 6.45) is 8.25. The van der Waals surface area contributed by atoms with Crippen molar-refractivity contribution in [3.63, 3.8) is 0 Å². The SMILES string of the molecule is Cc1noc(/C=C/c2ccc(S(=O)(=O)N3CCCCC3)s2)c1NC(=O)C1CC1. The maximum Gasteiger partial charge on any atom is 0.252 e. The van der Waals surface area contributed by atoms with Gasteiger partial charge in [0.25, 0.3) is 10.0 Å². The highest BCUT2D eigenvalue weighted by Gasteiger charge is 2.31. The number of sulfonamides is 1. The molecule has 1 aliphatic carbocycles.